The summed E-state index contributed by atoms with van der Waals surface area (Å²) in [5.74, 6) is 2.79. The summed E-state index contributed by atoms with van der Waals surface area (Å²) in [7, 11) is 0. The van der Waals surface area contributed by atoms with E-state index in [4.69, 9.17) is 9.47 Å². The molecule has 0 N–H and O–H groups in total. The maximum Gasteiger partial charge on any atom is 0.194 e. The highest BCUT2D eigenvalue weighted by atomic mass is 16.5. The number of ether oxygens (including phenoxy) is 2. The average molecular weight is 715 g/mol. The van der Waals surface area contributed by atoms with E-state index in [1.54, 1.807) is 0 Å². The third-order valence-corrected chi connectivity index (χ3v) is 11.9. The van der Waals surface area contributed by atoms with E-state index in [1.807, 2.05) is 48.5 Å². The van der Waals surface area contributed by atoms with E-state index < -0.39 is 0 Å². The molecule has 0 aromatic heterocycles. The summed E-state index contributed by atoms with van der Waals surface area (Å²) >= 11 is 0. The van der Waals surface area contributed by atoms with Gasteiger partial charge in [-0.3, -0.25) is 9.59 Å². The van der Waals surface area contributed by atoms with Crippen molar-refractivity contribution in [1.29, 1.82) is 0 Å². The van der Waals surface area contributed by atoms with Crippen LogP contribution < -0.4 is 20.3 Å². The van der Waals surface area contributed by atoms with Gasteiger partial charge < -0.3 is 9.47 Å². The lowest BCUT2D eigenvalue weighted by Crippen LogP contribution is -2.14. The van der Waals surface area contributed by atoms with Gasteiger partial charge in [0.2, 0.25) is 0 Å². The van der Waals surface area contributed by atoms with Gasteiger partial charge in [0.15, 0.2) is 10.9 Å². The quantitative estimate of drug-likeness (QED) is 0.0738. The Balaban J connectivity index is 1.23. The number of rotatable bonds is 16. The molecular weight excluding hydrogens is 665 g/mol. The largest absolute Gasteiger partial charge is 0.493 e. The zero-order valence-electron chi connectivity index (χ0n) is 32.1. The van der Waals surface area contributed by atoms with Crippen LogP contribution in [0.15, 0.2) is 107 Å². The summed E-state index contributed by atoms with van der Waals surface area (Å²) < 4.78 is 12.5. The average Bonchev–Trinajstić information content (AvgIpc) is 3.22. The van der Waals surface area contributed by atoms with E-state index in [2.05, 4.69) is 76.2 Å². The number of hydrogen-bond donors (Lipinski definition) is 0. The summed E-state index contributed by atoms with van der Waals surface area (Å²) in [5.41, 5.74) is 5.63. The molecule has 0 fully saturated rings. The maximum absolute atomic E-state index is 14.6. The molecule has 0 heterocycles. The fourth-order valence-corrected chi connectivity index (χ4v) is 8.66. The van der Waals surface area contributed by atoms with E-state index in [9.17, 15) is 9.59 Å². The van der Waals surface area contributed by atoms with Crippen molar-refractivity contribution in [3.05, 3.63) is 118 Å². The maximum atomic E-state index is 14.6. The molecule has 6 aromatic carbocycles. The van der Waals surface area contributed by atoms with Gasteiger partial charge in [0.1, 0.15) is 11.5 Å². The Morgan fingerprint density at radius 3 is 1.24 bits per heavy atom. The first-order chi connectivity index (χ1) is 26.4. The van der Waals surface area contributed by atoms with E-state index in [0.717, 1.165) is 79.3 Å². The van der Waals surface area contributed by atoms with Gasteiger partial charge in [0.05, 0.1) is 13.2 Å². The summed E-state index contributed by atoms with van der Waals surface area (Å²) in [5, 5.41) is 6.28. The van der Waals surface area contributed by atoms with Gasteiger partial charge >= 0.3 is 0 Å². The van der Waals surface area contributed by atoms with Gasteiger partial charge in [-0.2, -0.15) is 0 Å². The third kappa shape index (κ3) is 6.30. The van der Waals surface area contributed by atoms with Crippen LogP contribution in [0, 0.1) is 11.8 Å². The van der Waals surface area contributed by atoms with E-state index in [0.29, 0.717) is 46.6 Å². The van der Waals surface area contributed by atoms with E-state index in [-0.39, 0.29) is 10.9 Å². The molecule has 0 saturated carbocycles. The molecule has 0 amide bonds. The molecule has 0 bridgehead atoms. The lowest BCUT2D eigenvalue weighted by molar-refractivity contribution is 0.233. The van der Waals surface area contributed by atoms with Crippen LogP contribution in [0.3, 0.4) is 0 Å². The van der Waals surface area contributed by atoms with Gasteiger partial charge in [0.25, 0.3) is 0 Å². The fourth-order valence-electron chi connectivity index (χ4n) is 8.66. The summed E-state index contributed by atoms with van der Waals surface area (Å²) in [6, 6.07) is 32.5. The Morgan fingerprint density at radius 1 is 0.481 bits per heavy atom. The minimum Gasteiger partial charge on any atom is -0.493 e. The van der Waals surface area contributed by atoms with E-state index >= 15 is 0 Å². The molecule has 0 radical (unpaired) electrons. The van der Waals surface area contributed by atoms with Crippen molar-refractivity contribution in [3.63, 3.8) is 0 Å². The van der Waals surface area contributed by atoms with Gasteiger partial charge in [-0.1, -0.05) is 127 Å². The number of benzene rings is 8. The zero-order valence-corrected chi connectivity index (χ0v) is 32.1. The second kappa shape index (κ2) is 15.3. The first-order valence-electron chi connectivity index (χ1n) is 20.2. The predicted octanol–water partition coefficient (Wildman–Crippen LogP) is 13.0. The van der Waals surface area contributed by atoms with Crippen LogP contribution in [0.2, 0.25) is 0 Å². The molecule has 2 atom stereocenters. The summed E-state index contributed by atoms with van der Waals surface area (Å²) in [4.78, 5) is 29.3. The van der Waals surface area contributed by atoms with Crippen molar-refractivity contribution in [2.24, 2.45) is 11.8 Å². The van der Waals surface area contributed by atoms with Crippen molar-refractivity contribution in [3.8, 4) is 44.9 Å². The highest BCUT2D eigenvalue weighted by Crippen LogP contribution is 2.49. The molecule has 4 nitrogen and oxygen atoms in total. The SMILES string of the molecule is CCCCC(CC)COc1ccc(-c2cc3c4c5c2cccc5c(=O)c2cc(-c5ccc(OCC(CC)CCCC)cc5)c5cccc(c3=O)c5c2-4)cc1. The number of hydrogen-bond acceptors (Lipinski definition) is 4. The van der Waals surface area contributed by atoms with Crippen molar-refractivity contribution in [1.82, 2.24) is 0 Å². The van der Waals surface area contributed by atoms with Crippen LogP contribution >= 0.6 is 0 Å². The van der Waals surface area contributed by atoms with Crippen molar-refractivity contribution in [2.75, 3.05) is 13.2 Å². The number of unbranched alkanes of at least 4 members (excludes halogenated alkanes) is 2. The Morgan fingerprint density at radius 2 is 0.870 bits per heavy atom. The smallest absolute Gasteiger partial charge is 0.194 e. The van der Waals surface area contributed by atoms with Crippen LogP contribution in [0.25, 0.3) is 76.5 Å². The normalized spacial score (nSPS) is 13.2. The minimum atomic E-state index is -0.00607. The second-order valence-corrected chi connectivity index (χ2v) is 15.3. The highest BCUT2D eigenvalue weighted by Gasteiger charge is 2.28. The molecule has 8 rings (SSSR count). The molecule has 4 heteroatoms. The van der Waals surface area contributed by atoms with Gasteiger partial charge in [-0.15, -0.1) is 0 Å². The summed E-state index contributed by atoms with van der Waals surface area (Å²) in [6.45, 7) is 10.4. The minimum absolute atomic E-state index is 0.00607. The lowest BCUT2D eigenvalue weighted by Gasteiger charge is -2.23. The van der Waals surface area contributed by atoms with Gasteiger partial charge in [0, 0.05) is 43.4 Å². The van der Waals surface area contributed by atoms with Crippen molar-refractivity contribution in [2.45, 2.75) is 79.1 Å². The molecule has 2 unspecified atom stereocenters. The van der Waals surface area contributed by atoms with Gasteiger partial charge in [-0.05, 0) is 94.1 Å². The molecule has 274 valence electrons. The third-order valence-electron chi connectivity index (χ3n) is 11.9. The monoisotopic (exact) mass is 714 g/mol. The molecule has 2 aliphatic rings. The highest BCUT2D eigenvalue weighted by molar-refractivity contribution is 6.31. The van der Waals surface area contributed by atoms with Crippen LogP contribution in [0.4, 0.5) is 0 Å². The fraction of sp³-hybridized carbons (Fsp3) is 0.320. The van der Waals surface area contributed by atoms with Crippen LogP contribution in [0.1, 0.15) is 79.1 Å². The first kappa shape index (κ1) is 35.8. The van der Waals surface area contributed by atoms with Crippen LogP contribution in [-0.4, -0.2) is 13.2 Å². The van der Waals surface area contributed by atoms with Crippen molar-refractivity contribution < 1.29 is 9.47 Å². The zero-order chi connectivity index (χ0) is 37.3. The van der Waals surface area contributed by atoms with Crippen LogP contribution in [0.5, 0.6) is 11.5 Å². The van der Waals surface area contributed by atoms with Crippen LogP contribution in [-0.2, 0) is 0 Å². The predicted molar refractivity (Wildman–Crippen MR) is 228 cm³/mol. The molecule has 2 aliphatic carbocycles. The Kier molecular flexibility index (Phi) is 10.1. The Bertz CT molecular complexity index is 2410. The van der Waals surface area contributed by atoms with Crippen molar-refractivity contribution >= 4 is 43.1 Å². The topological polar surface area (TPSA) is 52.6 Å². The Labute approximate surface area is 318 Å². The lowest BCUT2D eigenvalue weighted by atomic mass is 9.78. The molecule has 0 saturated heterocycles. The van der Waals surface area contributed by atoms with Gasteiger partial charge in [-0.25, -0.2) is 0 Å². The molecule has 0 spiro atoms. The summed E-state index contributed by atoms with van der Waals surface area (Å²) in [6.07, 6.45) is 9.42. The molecular formula is C50H50O4. The Hall–Kier alpha value is -5.22. The molecule has 0 aliphatic heterocycles. The first-order valence-corrected chi connectivity index (χ1v) is 20.2. The molecule has 54 heavy (non-hydrogen) atoms. The van der Waals surface area contributed by atoms with E-state index in [1.165, 1.54) is 38.5 Å². The standard InChI is InChI=1S/C50H50O4/c1-5-9-13-31(7-3)29-53-35-23-19-33(20-24-35)41-27-43-47-45-37(41)15-11-17-39(45)50(52)44-28-42(38-16-12-18-40(49(43)51)46(38)48(44)47)34-21-25-36(26-22-34)54-30-32(8-4)14-10-6-2/h11-12,15-28,31-32H,5-10,13-14,29-30H2,1-4H3. The molecule has 6 aromatic rings. The second-order valence-electron chi connectivity index (χ2n) is 15.3.